The van der Waals surface area contributed by atoms with Crippen LogP contribution >= 0.6 is 23.1 Å². The molecule has 10 heteroatoms. The maximum absolute atomic E-state index is 12.6. The summed E-state index contributed by atoms with van der Waals surface area (Å²) in [5.41, 5.74) is 3.95. The molecular formula is C10H7F3N4OS2. The van der Waals surface area contributed by atoms with Gasteiger partial charge in [-0.25, -0.2) is 4.98 Å². The monoisotopic (exact) mass is 320 g/mol. The zero-order chi connectivity index (χ0) is 14.9. The molecule has 0 radical (unpaired) electrons. The number of carbonyl (C=O) groups excluding carboxylic acids is 1. The minimum Gasteiger partial charge on any atom is -0.366 e. The summed E-state index contributed by atoms with van der Waals surface area (Å²) < 4.78 is 38.3. The summed E-state index contributed by atoms with van der Waals surface area (Å²) in [6.07, 6.45) is -4.59. The van der Waals surface area contributed by atoms with E-state index in [1.807, 2.05) is 0 Å². The Labute approximate surface area is 119 Å². The van der Waals surface area contributed by atoms with Gasteiger partial charge in [0, 0.05) is 0 Å². The first-order valence-corrected chi connectivity index (χ1v) is 6.76. The molecule has 0 bridgehead atoms. The van der Waals surface area contributed by atoms with Gasteiger partial charge in [0.2, 0.25) is 0 Å². The van der Waals surface area contributed by atoms with E-state index in [0.29, 0.717) is 9.35 Å². The zero-order valence-electron chi connectivity index (χ0n) is 9.93. The SMILES string of the molecule is Cc1nnc(Sc2nc(C(F)(F)F)ccc2C(N)=O)s1. The maximum atomic E-state index is 12.6. The van der Waals surface area contributed by atoms with E-state index in [2.05, 4.69) is 15.2 Å². The predicted molar refractivity (Wildman–Crippen MR) is 66.5 cm³/mol. The lowest BCUT2D eigenvalue weighted by atomic mass is 10.2. The highest BCUT2D eigenvalue weighted by atomic mass is 32.2. The van der Waals surface area contributed by atoms with Crippen molar-refractivity contribution in [3.63, 3.8) is 0 Å². The summed E-state index contributed by atoms with van der Waals surface area (Å²) in [5.74, 6) is -0.852. The minimum absolute atomic E-state index is 0.0872. The first-order valence-electron chi connectivity index (χ1n) is 5.13. The van der Waals surface area contributed by atoms with Crippen LogP contribution in [0.3, 0.4) is 0 Å². The van der Waals surface area contributed by atoms with Crippen LogP contribution in [0.15, 0.2) is 21.5 Å². The number of primary amides is 1. The van der Waals surface area contributed by atoms with Crippen molar-refractivity contribution in [2.75, 3.05) is 0 Å². The van der Waals surface area contributed by atoms with Crippen LogP contribution in [0.5, 0.6) is 0 Å². The Morgan fingerprint density at radius 3 is 2.55 bits per heavy atom. The molecule has 2 heterocycles. The van der Waals surface area contributed by atoms with Crippen LogP contribution in [0.25, 0.3) is 0 Å². The average Bonchev–Trinajstić information content (AvgIpc) is 2.73. The van der Waals surface area contributed by atoms with Crippen molar-refractivity contribution in [1.29, 1.82) is 0 Å². The molecular weight excluding hydrogens is 313 g/mol. The highest BCUT2D eigenvalue weighted by Gasteiger charge is 2.33. The van der Waals surface area contributed by atoms with E-state index in [9.17, 15) is 18.0 Å². The number of amides is 1. The predicted octanol–water partition coefficient (Wildman–Crippen LogP) is 2.51. The molecule has 106 valence electrons. The highest BCUT2D eigenvalue weighted by Crippen LogP contribution is 2.34. The molecule has 0 aliphatic carbocycles. The lowest BCUT2D eigenvalue weighted by Crippen LogP contribution is -2.16. The van der Waals surface area contributed by atoms with Gasteiger partial charge in [0.1, 0.15) is 15.7 Å². The van der Waals surface area contributed by atoms with Crippen LogP contribution in [0.4, 0.5) is 13.2 Å². The Bertz CT molecular complexity index is 656. The molecule has 5 nitrogen and oxygen atoms in total. The van der Waals surface area contributed by atoms with Crippen molar-refractivity contribution in [1.82, 2.24) is 15.2 Å². The number of carbonyl (C=O) groups is 1. The Hall–Kier alpha value is -1.68. The first-order chi connectivity index (χ1) is 9.27. The van der Waals surface area contributed by atoms with Gasteiger partial charge in [0.15, 0.2) is 4.34 Å². The fourth-order valence-corrected chi connectivity index (χ4v) is 3.12. The summed E-state index contributed by atoms with van der Waals surface area (Å²) in [6, 6.07) is 1.73. The smallest absolute Gasteiger partial charge is 0.366 e. The number of hydrogen-bond acceptors (Lipinski definition) is 6. The zero-order valence-corrected chi connectivity index (χ0v) is 11.6. The minimum atomic E-state index is -4.59. The number of hydrogen-bond donors (Lipinski definition) is 1. The molecule has 0 aliphatic heterocycles. The molecule has 0 saturated carbocycles. The Balaban J connectivity index is 2.44. The van der Waals surface area contributed by atoms with Gasteiger partial charge < -0.3 is 5.73 Å². The van der Waals surface area contributed by atoms with Crippen molar-refractivity contribution in [3.05, 3.63) is 28.4 Å². The molecule has 0 atom stereocenters. The normalized spacial score (nSPS) is 11.6. The summed E-state index contributed by atoms with van der Waals surface area (Å²) in [4.78, 5) is 14.7. The molecule has 2 aromatic heterocycles. The number of aryl methyl sites for hydroxylation is 1. The number of halogens is 3. The molecule has 1 amide bonds. The number of aromatic nitrogens is 3. The third-order valence-corrected chi connectivity index (χ3v) is 4.00. The number of alkyl halides is 3. The number of nitrogens with two attached hydrogens (primary N) is 1. The van der Waals surface area contributed by atoms with Gasteiger partial charge in [0.05, 0.1) is 5.56 Å². The molecule has 0 fully saturated rings. The molecule has 0 aliphatic rings. The van der Waals surface area contributed by atoms with Crippen LogP contribution in [-0.4, -0.2) is 21.1 Å². The van der Waals surface area contributed by atoms with Crippen molar-refractivity contribution in [3.8, 4) is 0 Å². The molecule has 0 spiro atoms. The molecule has 0 unspecified atom stereocenters. The third kappa shape index (κ3) is 3.25. The molecule has 0 aromatic carbocycles. The third-order valence-electron chi connectivity index (χ3n) is 2.11. The quantitative estimate of drug-likeness (QED) is 0.939. The van der Waals surface area contributed by atoms with Gasteiger partial charge in [0.25, 0.3) is 5.91 Å². The second-order valence-corrected chi connectivity index (χ2v) is 6.02. The number of nitrogens with zero attached hydrogens (tertiary/aromatic N) is 3. The van der Waals surface area contributed by atoms with Crippen molar-refractivity contribution in [2.45, 2.75) is 22.5 Å². The van der Waals surface area contributed by atoms with E-state index in [0.717, 1.165) is 23.9 Å². The first kappa shape index (κ1) is 14.7. The van der Waals surface area contributed by atoms with Gasteiger partial charge in [-0.1, -0.05) is 11.3 Å². The van der Waals surface area contributed by atoms with Crippen LogP contribution in [0.2, 0.25) is 0 Å². The van der Waals surface area contributed by atoms with Gasteiger partial charge in [-0.15, -0.1) is 10.2 Å². The summed E-state index contributed by atoms with van der Waals surface area (Å²) in [5, 5.41) is 8.02. The Morgan fingerprint density at radius 2 is 2.05 bits per heavy atom. The van der Waals surface area contributed by atoms with Gasteiger partial charge >= 0.3 is 6.18 Å². The van der Waals surface area contributed by atoms with Crippen molar-refractivity contribution >= 4 is 29.0 Å². The lowest BCUT2D eigenvalue weighted by Gasteiger charge is -2.09. The molecule has 0 saturated heterocycles. The summed E-state index contributed by atoms with van der Waals surface area (Å²) >= 11 is 2.01. The largest absolute Gasteiger partial charge is 0.433 e. The summed E-state index contributed by atoms with van der Waals surface area (Å²) in [7, 11) is 0. The van der Waals surface area contributed by atoms with Crippen LogP contribution in [-0.2, 0) is 6.18 Å². The highest BCUT2D eigenvalue weighted by molar-refractivity contribution is 8.01. The Morgan fingerprint density at radius 1 is 1.35 bits per heavy atom. The molecule has 2 N–H and O–H groups in total. The summed E-state index contributed by atoms with van der Waals surface area (Å²) in [6.45, 7) is 1.70. The van der Waals surface area contributed by atoms with Crippen molar-refractivity contribution < 1.29 is 18.0 Å². The van der Waals surface area contributed by atoms with Crippen molar-refractivity contribution in [2.24, 2.45) is 5.73 Å². The van der Waals surface area contributed by atoms with E-state index in [1.54, 1.807) is 6.92 Å². The topological polar surface area (TPSA) is 81.8 Å². The van der Waals surface area contributed by atoms with Gasteiger partial charge in [-0.2, -0.15) is 13.2 Å². The van der Waals surface area contributed by atoms with Crippen LogP contribution in [0.1, 0.15) is 21.1 Å². The fourth-order valence-electron chi connectivity index (χ4n) is 1.27. The Kier molecular flexibility index (Phi) is 3.95. The second kappa shape index (κ2) is 5.37. The lowest BCUT2D eigenvalue weighted by molar-refractivity contribution is -0.141. The number of rotatable bonds is 3. The van der Waals surface area contributed by atoms with E-state index in [1.165, 1.54) is 11.3 Å². The number of pyridine rings is 1. The maximum Gasteiger partial charge on any atom is 0.433 e. The molecule has 2 rings (SSSR count). The van der Waals surface area contributed by atoms with Gasteiger partial charge in [-0.3, -0.25) is 4.79 Å². The molecule has 20 heavy (non-hydrogen) atoms. The van der Waals surface area contributed by atoms with Crippen LogP contribution < -0.4 is 5.73 Å². The van der Waals surface area contributed by atoms with Gasteiger partial charge in [-0.05, 0) is 30.8 Å². The van der Waals surface area contributed by atoms with E-state index in [4.69, 9.17) is 5.73 Å². The van der Waals surface area contributed by atoms with E-state index >= 15 is 0 Å². The fraction of sp³-hybridized carbons (Fsp3) is 0.200. The molecule has 2 aromatic rings. The second-order valence-electron chi connectivity index (χ2n) is 3.60. The van der Waals surface area contributed by atoms with E-state index in [-0.39, 0.29) is 10.6 Å². The van der Waals surface area contributed by atoms with E-state index < -0.39 is 17.8 Å². The average molecular weight is 320 g/mol. The van der Waals surface area contributed by atoms with Crippen LogP contribution in [0, 0.1) is 6.92 Å². The standard InChI is InChI=1S/C10H7F3N4OS2/c1-4-16-17-9(19-4)20-8-5(7(14)18)2-3-6(15-8)10(11,12)13/h2-3H,1H3,(H2,14,18).